The number of likely N-dealkylation sites (N-methyl/N-ethyl adjacent to an activating group) is 1. The second-order valence-electron chi connectivity index (χ2n) is 5.06. The first kappa shape index (κ1) is 12.9. The number of carbonyl (C=O) groups is 1. The maximum Gasteiger partial charge on any atom is 0.237 e. The number of carbonyl (C=O) groups excluding carboxylic acids is 1. The summed E-state index contributed by atoms with van der Waals surface area (Å²) in [6, 6.07) is 8.44. The van der Waals surface area contributed by atoms with Crippen LogP contribution in [-0.4, -0.2) is 31.6 Å². The Morgan fingerprint density at radius 1 is 1.50 bits per heavy atom. The zero-order valence-corrected chi connectivity index (χ0v) is 11.1. The number of anilines is 1. The predicted molar refractivity (Wildman–Crippen MR) is 73.6 cm³/mol. The summed E-state index contributed by atoms with van der Waals surface area (Å²) in [6.45, 7) is 3.73. The Morgan fingerprint density at radius 2 is 2.22 bits per heavy atom. The first-order valence-electron chi connectivity index (χ1n) is 6.38. The summed E-state index contributed by atoms with van der Waals surface area (Å²) in [7, 11) is 1.78. The van der Waals surface area contributed by atoms with Crippen LogP contribution in [0.5, 0.6) is 0 Å². The van der Waals surface area contributed by atoms with Gasteiger partial charge in [-0.25, -0.2) is 0 Å². The van der Waals surface area contributed by atoms with Crippen LogP contribution in [0.3, 0.4) is 0 Å². The lowest BCUT2D eigenvalue weighted by atomic mass is 9.97. The molecule has 18 heavy (non-hydrogen) atoms. The average molecular weight is 247 g/mol. The molecule has 1 heterocycles. The Balaban J connectivity index is 2.02. The second kappa shape index (κ2) is 4.98. The number of hydrogen-bond donors (Lipinski definition) is 2. The Labute approximate surface area is 108 Å². The van der Waals surface area contributed by atoms with Crippen LogP contribution in [0.15, 0.2) is 24.3 Å². The third kappa shape index (κ3) is 2.34. The van der Waals surface area contributed by atoms with Crippen molar-refractivity contribution in [3.05, 3.63) is 29.8 Å². The van der Waals surface area contributed by atoms with Crippen molar-refractivity contribution >= 4 is 11.6 Å². The summed E-state index contributed by atoms with van der Waals surface area (Å²) in [6.07, 6.45) is 1.80. The number of primary amides is 1. The van der Waals surface area contributed by atoms with Gasteiger partial charge in [-0.1, -0.05) is 18.2 Å². The molecule has 1 unspecified atom stereocenters. The second-order valence-corrected chi connectivity index (χ2v) is 5.06. The standard InChI is InChI=1S/C14H21N3O/c1-14(16-2,13(15)18)8-10-17-9-7-11-5-3-4-6-12(11)17/h3-6,16H,7-10H2,1-2H3,(H2,15,18). The van der Waals surface area contributed by atoms with E-state index in [-0.39, 0.29) is 5.91 Å². The van der Waals surface area contributed by atoms with Gasteiger partial charge in [-0.3, -0.25) is 4.79 Å². The van der Waals surface area contributed by atoms with Crippen molar-refractivity contribution in [1.82, 2.24) is 5.32 Å². The van der Waals surface area contributed by atoms with Crippen molar-refractivity contribution < 1.29 is 4.79 Å². The van der Waals surface area contributed by atoms with Crippen molar-refractivity contribution in [1.29, 1.82) is 0 Å². The summed E-state index contributed by atoms with van der Waals surface area (Å²) in [4.78, 5) is 13.8. The molecule has 1 aromatic rings. The average Bonchev–Trinajstić information content (AvgIpc) is 2.79. The molecule has 1 aromatic carbocycles. The van der Waals surface area contributed by atoms with Gasteiger partial charge in [-0.2, -0.15) is 0 Å². The largest absolute Gasteiger partial charge is 0.371 e. The molecule has 0 saturated carbocycles. The van der Waals surface area contributed by atoms with Crippen LogP contribution >= 0.6 is 0 Å². The number of fused-ring (bicyclic) bond motifs is 1. The van der Waals surface area contributed by atoms with Crippen LogP contribution in [0.1, 0.15) is 18.9 Å². The molecule has 4 nitrogen and oxygen atoms in total. The van der Waals surface area contributed by atoms with Gasteiger partial charge in [0.05, 0.1) is 5.54 Å². The monoisotopic (exact) mass is 247 g/mol. The summed E-state index contributed by atoms with van der Waals surface area (Å²) in [5, 5.41) is 3.02. The topological polar surface area (TPSA) is 58.4 Å². The van der Waals surface area contributed by atoms with Gasteiger partial charge >= 0.3 is 0 Å². The van der Waals surface area contributed by atoms with Gasteiger partial charge in [0.15, 0.2) is 0 Å². The number of rotatable bonds is 5. The fourth-order valence-electron chi connectivity index (χ4n) is 2.37. The fraction of sp³-hybridized carbons (Fsp3) is 0.500. The Hall–Kier alpha value is -1.55. The molecule has 2 rings (SSSR count). The van der Waals surface area contributed by atoms with Crippen LogP contribution in [-0.2, 0) is 11.2 Å². The third-order valence-corrected chi connectivity index (χ3v) is 3.96. The van der Waals surface area contributed by atoms with Gasteiger partial charge in [-0.05, 0) is 38.4 Å². The summed E-state index contributed by atoms with van der Waals surface area (Å²) in [5.41, 5.74) is 7.50. The van der Waals surface area contributed by atoms with Crippen molar-refractivity contribution in [3.8, 4) is 0 Å². The quantitative estimate of drug-likeness (QED) is 0.813. The van der Waals surface area contributed by atoms with Crippen LogP contribution in [0, 0.1) is 0 Å². The van der Waals surface area contributed by atoms with Gasteiger partial charge < -0.3 is 16.0 Å². The molecule has 0 radical (unpaired) electrons. The Morgan fingerprint density at radius 3 is 2.89 bits per heavy atom. The van der Waals surface area contributed by atoms with Crippen LogP contribution < -0.4 is 16.0 Å². The first-order chi connectivity index (χ1) is 8.57. The van der Waals surface area contributed by atoms with E-state index in [1.54, 1.807) is 7.05 Å². The number of nitrogens with zero attached hydrogens (tertiary/aromatic N) is 1. The number of hydrogen-bond acceptors (Lipinski definition) is 3. The van der Waals surface area contributed by atoms with Crippen molar-refractivity contribution in [3.63, 3.8) is 0 Å². The smallest absolute Gasteiger partial charge is 0.237 e. The molecule has 3 N–H and O–H groups in total. The normalized spacial score (nSPS) is 17.3. The van der Waals surface area contributed by atoms with Crippen LogP contribution in [0.2, 0.25) is 0 Å². The predicted octanol–water partition coefficient (Wildman–Crippen LogP) is 0.903. The van der Waals surface area contributed by atoms with Crippen molar-refractivity contribution in [2.75, 3.05) is 25.0 Å². The highest BCUT2D eigenvalue weighted by Gasteiger charge is 2.30. The molecular weight excluding hydrogens is 226 g/mol. The minimum Gasteiger partial charge on any atom is -0.371 e. The highest BCUT2D eigenvalue weighted by atomic mass is 16.1. The van der Waals surface area contributed by atoms with E-state index in [0.717, 1.165) is 19.5 Å². The minimum absolute atomic E-state index is 0.294. The van der Waals surface area contributed by atoms with E-state index >= 15 is 0 Å². The molecule has 1 aliphatic rings. The van der Waals surface area contributed by atoms with E-state index < -0.39 is 5.54 Å². The zero-order chi connectivity index (χ0) is 13.2. The summed E-state index contributed by atoms with van der Waals surface area (Å²) >= 11 is 0. The molecule has 1 aliphatic heterocycles. The minimum atomic E-state index is -0.627. The van der Waals surface area contributed by atoms with Crippen molar-refractivity contribution in [2.24, 2.45) is 5.73 Å². The third-order valence-electron chi connectivity index (χ3n) is 3.96. The number of nitrogens with two attached hydrogens (primary N) is 1. The summed E-state index contributed by atoms with van der Waals surface area (Å²) in [5.74, 6) is -0.294. The van der Waals surface area contributed by atoms with Gasteiger partial charge in [-0.15, -0.1) is 0 Å². The SMILES string of the molecule is CNC(C)(CCN1CCc2ccccc21)C(N)=O. The van der Waals surface area contributed by atoms with E-state index in [9.17, 15) is 4.79 Å². The number of amides is 1. The molecule has 0 fully saturated rings. The van der Waals surface area contributed by atoms with E-state index in [0.29, 0.717) is 6.42 Å². The fourth-order valence-corrected chi connectivity index (χ4v) is 2.37. The van der Waals surface area contributed by atoms with E-state index in [1.165, 1.54) is 11.3 Å². The van der Waals surface area contributed by atoms with Crippen LogP contribution in [0.4, 0.5) is 5.69 Å². The Bertz CT molecular complexity index is 446. The van der Waals surface area contributed by atoms with Gasteiger partial charge in [0.25, 0.3) is 0 Å². The van der Waals surface area contributed by atoms with Crippen LogP contribution in [0.25, 0.3) is 0 Å². The highest BCUT2D eigenvalue weighted by Crippen LogP contribution is 2.28. The summed E-state index contributed by atoms with van der Waals surface area (Å²) < 4.78 is 0. The van der Waals surface area contributed by atoms with Gasteiger partial charge in [0.2, 0.25) is 5.91 Å². The Kier molecular flexibility index (Phi) is 3.57. The molecule has 0 bridgehead atoms. The van der Waals surface area contributed by atoms with Crippen molar-refractivity contribution in [2.45, 2.75) is 25.3 Å². The molecule has 0 aliphatic carbocycles. The van der Waals surface area contributed by atoms with E-state index in [2.05, 4.69) is 34.5 Å². The first-order valence-corrected chi connectivity index (χ1v) is 6.38. The lowest BCUT2D eigenvalue weighted by Gasteiger charge is -2.29. The molecule has 0 spiro atoms. The molecule has 98 valence electrons. The van der Waals surface area contributed by atoms with E-state index in [4.69, 9.17) is 5.73 Å². The zero-order valence-electron chi connectivity index (χ0n) is 11.1. The maximum absolute atomic E-state index is 11.4. The molecule has 1 atom stereocenters. The molecular formula is C14H21N3O. The highest BCUT2D eigenvalue weighted by molar-refractivity contribution is 5.84. The maximum atomic E-state index is 11.4. The van der Waals surface area contributed by atoms with Gasteiger partial charge in [0.1, 0.15) is 0 Å². The number of nitrogens with one attached hydrogen (secondary N) is 1. The molecule has 0 saturated heterocycles. The molecule has 1 amide bonds. The van der Waals surface area contributed by atoms with E-state index in [1.807, 2.05) is 6.92 Å². The van der Waals surface area contributed by atoms with Gasteiger partial charge in [0, 0.05) is 18.8 Å². The molecule has 0 aromatic heterocycles. The lowest BCUT2D eigenvalue weighted by molar-refractivity contribution is -0.123. The number of benzene rings is 1. The number of para-hydroxylation sites is 1. The lowest BCUT2D eigenvalue weighted by Crippen LogP contribution is -2.53. The molecule has 4 heteroatoms.